The molecule has 0 saturated carbocycles. The van der Waals surface area contributed by atoms with Crippen LogP contribution in [-0.2, 0) is 0 Å². The molecule has 0 radical (unpaired) electrons. The molecule has 0 aromatic heterocycles. The molecule has 0 aromatic rings. The van der Waals surface area contributed by atoms with Gasteiger partial charge in [-0.1, -0.05) is 55.0 Å². The van der Waals surface area contributed by atoms with Crippen LogP contribution < -0.4 is 0 Å². The van der Waals surface area contributed by atoms with Gasteiger partial charge in [0, 0.05) is 0 Å². The van der Waals surface area contributed by atoms with Crippen molar-refractivity contribution in [2.24, 2.45) is 0 Å². The van der Waals surface area contributed by atoms with E-state index < -0.39 is 0 Å². The molecule has 1 aliphatic rings. The number of allylic oxidation sites excluding steroid dienone is 8. The van der Waals surface area contributed by atoms with E-state index in [2.05, 4.69) is 48.6 Å². The smallest absolute Gasteiger partial charge is 0.0166 e. The molecule has 0 saturated heterocycles. The van der Waals surface area contributed by atoms with Crippen molar-refractivity contribution in [3.63, 3.8) is 0 Å². The molecule has 0 unspecified atom stereocenters. The summed E-state index contributed by atoms with van der Waals surface area (Å²) in [7, 11) is 0. The van der Waals surface area contributed by atoms with Gasteiger partial charge in [-0.25, -0.2) is 0 Å². The normalized spacial score (nSPS) is 28.6. The molecule has 0 fully saturated rings. The van der Waals surface area contributed by atoms with Gasteiger partial charge >= 0.3 is 0 Å². The summed E-state index contributed by atoms with van der Waals surface area (Å²) in [6.07, 6.45) is 25.0. The predicted molar refractivity (Wildman–Crippen MR) is 64.3 cm³/mol. The Morgan fingerprint density at radius 1 is 0.500 bits per heavy atom. The van der Waals surface area contributed by atoms with Crippen LogP contribution in [0.15, 0.2) is 48.6 Å². The fourth-order valence-corrected chi connectivity index (χ4v) is 1.45. The van der Waals surface area contributed by atoms with Crippen LogP contribution in [-0.4, -0.2) is 0 Å². The largest absolute Gasteiger partial charge is 0.0882 e. The third kappa shape index (κ3) is 6.47. The lowest BCUT2D eigenvalue weighted by Crippen LogP contribution is -1.75. The lowest BCUT2D eigenvalue weighted by Gasteiger charge is -1.95. The lowest BCUT2D eigenvalue weighted by atomic mass is 10.1. The van der Waals surface area contributed by atoms with Crippen molar-refractivity contribution in [2.45, 2.75) is 38.5 Å². The van der Waals surface area contributed by atoms with E-state index in [1.54, 1.807) is 0 Å². The second kappa shape index (κ2) is 8.55. The van der Waals surface area contributed by atoms with Gasteiger partial charge in [-0.15, -0.1) is 0 Å². The molecule has 0 amide bonds. The van der Waals surface area contributed by atoms with Crippen LogP contribution in [0, 0.1) is 0 Å². The average Bonchev–Trinajstić information content (AvgIpc) is 2.22. The van der Waals surface area contributed by atoms with Crippen LogP contribution in [0.25, 0.3) is 0 Å². The summed E-state index contributed by atoms with van der Waals surface area (Å²) < 4.78 is 0. The standard InChI is InChI=1S/C14H20/c1-2-4-6-8-10-12-14-13-11-9-7-5-3-1/h1-6,9,11H,7-8,10,12-14H2/b2-1+,5-3-,6-4+,11-9-. The quantitative estimate of drug-likeness (QED) is 0.489. The van der Waals surface area contributed by atoms with E-state index in [0.29, 0.717) is 0 Å². The van der Waals surface area contributed by atoms with Crippen LogP contribution in [0.2, 0.25) is 0 Å². The fourth-order valence-electron chi connectivity index (χ4n) is 1.45. The monoisotopic (exact) mass is 188 g/mol. The van der Waals surface area contributed by atoms with Crippen molar-refractivity contribution >= 4 is 0 Å². The highest BCUT2D eigenvalue weighted by Crippen LogP contribution is 2.05. The Labute approximate surface area is 87.7 Å². The molecule has 1 aliphatic carbocycles. The van der Waals surface area contributed by atoms with E-state index in [1.807, 2.05) is 0 Å². The van der Waals surface area contributed by atoms with E-state index in [1.165, 1.54) is 32.1 Å². The van der Waals surface area contributed by atoms with E-state index in [9.17, 15) is 0 Å². The molecule has 0 atom stereocenters. The van der Waals surface area contributed by atoms with Gasteiger partial charge in [0.2, 0.25) is 0 Å². The summed E-state index contributed by atoms with van der Waals surface area (Å²) in [6, 6.07) is 0. The Balaban J connectivity index is 2.36. The first kappa shape index (κ1) is 11.0. The summed E-state index contributed by atoms with van der Waals surface area (Å²) >= 11 is 0. The third-order valence-electron chi connectivity index (χ3n) is 2.29. The van der Waals surface area contributed by atoms with Gasteiger partial charge < -0.3 is 0 Å². The van der Waals surface area contributed by atoms with Gasteiger partial charge in [-0.2, -0.15) is 0 Å². The Morgan fingerprint density at radius 2 is 1.21 bits per heavy atom. The molecule has 0 aliphatic heterocycles. The molecule has 1 rings (SSSR count). The SMILES string of the molecule is C1=C\C/C=C\CCCCC/C=C/C=C/1. The summed E-state index contributed by atoms with van der Waals surface area (Å²) in [4.78, 5) is 0. The third-order valence-corrected chi connectivity index (χ3v) is 2.29. The zero-order valence-electron chi connectivity index (χ0n) is 8.86. The first-order valence-electron chi connectivity index (χ1n) is 5.63. The van der Waals surface area contributed by atoms with Crippen molar-refractivity contribution < 1.29 is 0 Å². The van der Waals surface area contributed by atoms with Gasteiger partial charge in [0.1, 0.15) is 0 Å². The van der Waals surface area contributed by atoms with Crippen molar-refractivity contribution in [1.29, 1.82) is 0 Å². The minimum atomic E-state index is 1.06. The van der Waals surface area contributed by atoms with Gasteiger partial charge in [0.15, 0.2) is 0 Å². The van der Waals surface area contributed by atoms with E-state index in [4.69, 9.17) is 0 Å². The van der Waals surface area contributed by atoms with Gasteiger partial charge in [-0.3, -0.25) is 0 Å². The molecule has 0 heterocycles. The Bertz CT molecular complexity index is 228. The van der Waals surface area contributed by atoms with E-state index in [0.717, 1.165) is 6.42 Å². The molecule has 0 spiro atoms. The lowest BCUT2D eigenvalue weighted by molar-refractivity contribution is 0.695. The van der Waals surface area contributed by atoms with Crippen LogP contribution in [0.5, 0.6) is 0 Å². The maximum atomic E-state index is 2.30. The molecule has 0 nitrogen and oxygen atoms in total. The maximum absolute atomic E-state index is 2.30. The van der Waals surface area contributed by atoms with Crippen LogP contribution in [0.4, 0.5) is 0 Å². The highest BCUT2D eigenvalue weighted by molar-refractivity contribution is 5.11. The molecule has 0 heteroatoms. The fraction of sp³-hybridized carbons (Fsp3) is 0.429. The summed E-state index contributed by atoms with van der Waals surface area (Å²) in [5.74, 6) is 0. The Kier molecular flexibility index (Phi) is 6.74. The average molecular weight is 188 g/mol. The molecule has 0 N–H and O–H groups in total. The highest BCUT2D eigenvalue weighted by Gasteiger charge is 1.85. The van der Waals surface area contributed by atoms with Crippen molar-refractivity contribution in [2.75, 3.05) is 0 Å². The highest BCUT2D eigenvalue weighted by atomic mass is 13.9. The Hall–Kier alpha value is -1.04. The first-order chi connectivity index (χ1) is 7.00. The molecule has 76 valence electrons. The van der Waals surface area contributed by atoms with Gasteiger partial charge in [0.05, 0.1) is 0 Å². The summed E-state index contributed by atoms with van der Waals surface area (Å²) in [5.41, 5.74) is 0. The molecule has 14 heavy (non-hydrogen) atoms. The maximum Gasteiger partial charge on any atom is -0.0166 e. The van der Waals surface area contributed by atoms with Gasteiger partial charge in [-0.05, 0) is 32.1 Å². The van der Waals surface area contributed by atoms with Crippen molar-refractivity contribution in [3.05, 3.63) is 48.6 Å². The van der Waals surface area contributed by atoms with Crippen LogP contribution in [0.3, 0.4) is 0 Å². The molecular weight excluding hydrogens is 168 g/mol. The molecule has 0 aromatic carbocycles. The van der Waals surface area contributed by atoms with Crippen LogP contribution in [0.1, 0.15) is 38.5 Å². The summed E-state index contributed by atoms with van der Waals surface area (Å²) in [6.45, 7) is 0. The minimum absolute atomic E-state index is 1.06. The zero-order chi connectivity index (χ0) is 9.90. The van der Waals surface area contributed by atoms with E-state index in [-0.39, 0.29) is 0 Å². The van der Waals surface area contributed by atoms with Gasteiger partial charge in [0.25, 0.3) is 0 Å². The Morgan fingerprint density at radius 3 is 2.07 bits per heavy atom. The zero-order valence-corrected chi connectivity index (χ0v) is 8.86. The predicted octanol–water partition coefficient (Wildman–Crippen LogP) is 4.57. The van der Waals surface area contributed by atoms with Crippen molar-refractivity contribution in [1.82, 2.24) is 0 Å². The number of rotatable bonds is 0. The minimum Gasteiger partial charge on any atom is -0.0882 e. The van der Waals surface area contributed by atoms with Crippen LogP contribution >= 0.6 is 0 Å². The molecule has 0 bridgehead atoms. The second-order valence-electron chi connectivity index (χ2n) is 3.59. The first-order valence-corrected chi connectivity index (χ1v) is 5.63. The number of hydrogen-bond acceptors (Lipinski definition) is 0. The topological polar surface area (TPSA) is 0 Å². The second-order valence-corrected chi connectivity index (χ2v) is 3.59. The van der Waals surface area contributed by atoms with E-state index >= 15 is 0 Å². The number of hydrogen-bond donors (Lipinski definition) is 0. The van der Waals surface area contributed by atoms with Crippen molar-refractivity contribution in [3.8, 4) is 0 Å². The summed E-state index contributed by atoms with van der Waals surface area (Å²) in [5, 5.41) is 0. The molecular formula is C14H20.